The third-order valence-electron chi connectivity index (χ3n) is 5.01. The van der Waals surface area contributed by atoms with E-state index in [2.05, 4.69) is 5.32 Å². The van der Waals surface area contributed by atoms with Crippen LogP contribution in [-0.2, 0) is 11.3 Å². The molecule has 2 aromatic carbocycles. The molecule has 0 spiro atoms. The first kappa shape index (κ1) is 22.1. The quantitative estimate of drug-likeness (QED) is 0.300. The summed E-state index contributed by atoms with van der Waals surface area (Å²) in [5, 5.41) is 5.40. The number of rotatable bonds is 7. The van der Waals surface area contributed by atoms with Crippen LogP contribution in [0.15, 0.2) is 63.9 Å². The Labute approximate surface area is 194 Å². The fraction of sp³-hybridized carbons (Fsp3) is 0.208. The number of thioether (sulfide) groups is 1. The molecule has 2 aromatic heterocycles. The van der Waals surface area contributed by atoms with Crippen LogP contribution < -0.4 is 15.6 Å². The number of fused-ring (bicyclic) bond motifs is 1. The summed E-state index contributed by atoms with van der Waals surface area (Å²) in [6.07, 6.45) is 0. The molecule has 0 aliphatic heterocycles. The van der Waals surface area contributed by atoms with Gasteiger partial charge in [-0.05, 0) is 37.1 Å². The lowest BCUT2D eigenvalue weighted by Gasteiger charge is -2.12. The Morgan fingerprint density at radius 3 is 2.72 bits per heavy atom. The number of aryl methyl sites for hydroxylation is 1. The Balaban J connectivity index is 1.62. The Morgan fingerprint density at radius 2 is 2.00 bits per heavy atom. The largest absolute Gasteiger partial charge is 0.495 e. The summed E-state index contributed by atoms with van der Waals surface area (Å²) in [7, 11) is 1.57. The van der Waals surface area contributed by atoms with Gasteiger partial charge in [0.2, 0.25) is 5.91 Å². The van der Waals surface area contributed by atoms with E-state index < -0.39 is 0 Å². The molecule has 0 bridgehead atoms. The molecule has 0 radical (unpaired) electrons. The van der Waals surface area contributed by atoms with Crippen molar-refractivity contribution in [2.45, 2.75) is 25.5 Å². The fourth-order valence-corrected chi connectivity index (χ4v) is 5.25. The van der Waals surface area contributed by atoms with E-state index in [4.69, 9.17) is 9.72 Å². The maximum Gasteiger partial charge on any atom is 0.272 e. The minimum absolute atomic E-state index is 0.0760. The smallest absolute Gasteiger partial charge is 0.272 e. The molecule has 8 heteroatoms. The fourth-order valence-electron chi connectivity index (χ4n) is 3.43. The molecule has 0 aliphatic carbocycles. The Hall–Kier alpha value is -3.10. The summed E-state index contributed by atoms with van der Waals surface area (Å²) in [4.78, 5) is 30.5. The summed E-state index contributed by atoms with van der Waals surface area (Å²) >= 11 is 2.66. The molecule has 0 unspecified atom stereocenters. The van der Waals surface area contributed by atoms with E-state index in [0.717, 1.165) is 16.7 Å². The highest BCUT2D eigenvalue weighted by Gasteiger charge is 2.17. The zero-order chi connectivity index (χ0) is 22.7. The minimum atomic E-state index is -0.190. The lowest BCUT2D eigenvalue weighted by Crippen LogP contribution is -2.23. The van der Waals surface area contributed by atoms with Gasteiger partial charge in [0.05, 0.1) is 24.1 Å². The van der Waals surface area contributed by atoms with E-state index in [1.807, 2.05) is 67.8 Å². The molecule has 4 aromatic rings. The second-order valence-electron chi connectivity index (χ2n) is 7.18. The molecule has 0 saturated carbocycles. The summed E-state index contributed by atoms with van der Waals surface area (Å²) in [5.74, 6) is 0.536. The van der Waals surface area contributed by atoms with Crippen molar-refractivity contribution >= 4 is 44.9 Å². The lowest BCUT2D eigenvalue weighted by atomic mass is 10.1. The van der Waals surface area contributed by atoms with Crippen LogP contribution in [0.5, 0.6) is 5.75 Å². The van der Waals surface area contributed by atoms with E-state index in [1.54, 1.807) is 11.7 Å². The molecule has 32 heavy (non-hydrogen) atoms. The van der Waals surface area contributed by atoms with Gasteiger partial charge < -0.3 is 10.1 Å². The molecule has 164 valence electrons. The SMILES string of the molecule is CCn1c(SCC(=O)Nc2cc(C)ccc2OC)nc2c(-c3ccccc3)csc2c1=O. The summed E-state index contributed by atoms with van der Waals surface area (Å²) in [6, 6.07) is 15.5. The molecule has 4 rings (SSSR count). The molecule has 0 atom stereocenters. The van der Waals surface area contributed by atoms with Crippen molar-refractivity contribution in [1.82, 2.24) is 9.55 Å². The van der Waals surface area contributed by atoms with Crippen molar-refractivity contribution in [3.8, 4) is 16.9 Å². The highest BCUT2D eigenvalue weighted by Crippen LogP contribution is 2.32. The van der Waals surface area contributed by atoms with Crippen molar-refractivity contribution in [3.05, 3.63) is 69.8 Å². The highest BCUT2D eigenvalue weighted by molar-refractivity contribution is 7.99. The molecule has 0 fully saturated rings. The van der Waals surface area contributed by atoms with Gasteiger partial charge in [0.15, 0.2) is 5.16 Å². The Bertz CT molecular complexity index is 1330. The van der Waals surface area contributed by atoms with Crippen LogP contribution in [0.4, 0.5) is 5.69 Å². The molecule has 0 aliphatic rings. The number of ether oxygens (including phenoxy) is 1. The summed E-state index contributed by atoms with van der Waals surface area (Å²) in [5.41, 5.74) is 4.19. The van der Waals surface area contributed by atoms with Crippen molar-refractivity contribution < 1.29 is 9.53 Å². The number of hydrogen-bond donors (Lipinski definition) is 1. The maximum absolute atomic E-state index is 13.1. The van der Waals surface area contributed by atoms with Gasteiger partial charge in [0.25, 0.3) is 5.56 Å². The van der Waals surface area contributed by atoms with E-state index in [0.29, 0.717) is 33.4 Å². The van der Waals surface area contributed by atoms with E-state index >= 15 is 0 Å². The van der Waals surface area contributed by atoms with Crippen LogP contribution in [0, 0.1) is 6.92 Å². The van der Waals surface area contributed by atoms with E-state index in [-0.39, 0.29) is 17.2 Å². The van der Waals surface area contributed by atoms with Crippen LogP contribution in [0.1, 0.15) is 12.5 Å². The van der Waals surface area contributed by atoms with Gasteiger partial charge in [-0.25, -0.2) is 4.98 Å². The highest BCUT2D eigenvalue weighted by atomic mass is 32.2. The molecule has 1 N–H and O–H groups in total. The number of carbonyl (C=O) groups is 1. The average molecular weight is 466 g/mol. The maximum atomic E-state index is 13.1. The monoisotopic (exact) mass is 465 g/mol. The molecule has 0 saturated heterocycles. The van der Waals surface area contributed by atoms with Gasteiger partial charge in [0, 0.05) is 17.5 Å². The first-order valence-electron chi connectivity index (χ1n) is 10.2. The second-order valence-corrected chi connectivity index (χ2v) is 9.00. The molecule has 1 amide bonds. The zero-order valence-electron chi connectivity index (χ0n) is 18.0. The second kappa shape index (κ2) is 9.58. The number of aromatic nitrogens is 2. The van der Waals surface area contributed by atoms with Gasteiger partial charge >= 0.3 is 0 Å². The third kappa shape index (κ3) is 4.42. The lowest BCUT2D eigenvalue weighted by molar-refractivity contribution is -0.113. The van der Waals surface area contributed by atoms with Crippen LogP contribution in [0.3, 0.4) is 0 Å². The molecule has 6 nitrogen and oxygen atoms in total. The first-order chi connectivity index (χ1) is 15.5. The van der Waals surface area contributed by atoms with Crippen molar-refractivity contribution in [2.75, 3.05) is 18.2 Å². The van der Waals surface area contributed by atoms with Gasteiger partial charge in [0.1, 0.15) is 10.4 Å². The number of amides is 1. The molecular weight excluding hydrogens is 442 g/mol. The molecular formula is C24H23N3O3S2. The van der Waals surface area contributed by atoms with E-state index in [1.165, 1.54) is 23.1 Å². The third-order valence-corrected chi connectivity index (χ3v) is 6.94. The number of thiophene rings is 1. The predicted molar refractivity (Wildman–Crippen MR) is 132 cm³/mol. The van der Waals surface area contributed by atoms with Crippen LogP contribution in [0.2, 0.25) is 0 Å². The number of carbonyl (C=O) groups excluding carboxylic acids is 1. The average Bonchev–Trinajstić information content (AvgIpc) is 3.23. The van der Waals surface area contributed by atoms with Crippen molar-refractivity contribution in [1.29, 1.82) is 0 Å². The standard InChI is InChI=1S/C24H23N3O3S2/c1-4-27-23(29)22-21(17(13-31-22)16-8-6-5-7-9-16)26-24(27)32-14-20(28)25-18-12-15(2)10-11-19(18)30-3/h5-13H,4,14H2,1-3H3,(H,25,28). The number of nitrogens with zero attached hydrogens (tertiary/aromatic N) is 2. The number of nitrogens with one attached hydrogen (secondary N) is 1. The van der Waals surface area contributed by atoms with Crippen LogP contribution >= 0.6 is 23.1 Å². The Morgan fingerprint density at radius 1 is 1.22 bits per heavy atom. The van der Waals surface area contributed by atoms with E-state index in [9.17, 15) is 9.59 Å². The van der Waals surface area contributed by atoms with Gasteiger partial charge in [-0.2, -0.15) is 0 Å². The number of methoxy groups -OCH3 is 1. The van der Waals surface area contributed by atoms with Gasteiger partial charge in [-0.3, -0.25) is 14.2 Å². The normalized spacial score (nSPS) is 11.0. The number of benzene rings is 2. The first-order valence-corrected chi connectivity index (χ1v) is 12.0. The topological polar surface area (TPSA) is 73.2 Å². The summed E-state index contributed by atoms with van der Waals surface area (Å²) < 4.78 is 7.59. The zero-order valence-corrected chi connectivity index (χ0v) is 19.7. The minimum Gasteiger partial charge on any atom is -0.495 e. The predicted octanol–water partition coefficient (Wildman–Crippen LogP) is 5.19. The number of hydrogen-bond acceptors (Lipinski definition) is 6. The van der Waals surface area contributed by atoms with Gasteiger partial charge in [-0.15, -0.1) is 11.3 Å². The number of anilines is 1. The van der Waals surface area contributed by atoms with Gasteiger partial charge in [-0.1, -0.05) is 48.2 Å². The van der Waals surface area contributed by atoms with Crippen molar-refractivity contribution in [3.63, 3.8) is 0 Å². The molecule has 2 heterocycles. The van der Waals surface area contributed by atoms with Crippen LogP contribution in [0.25, 0.3) is 21.3 Å². The summed E-state index contributed by atoms with van der Waals surface area (Å²) in [6.45, 7) is 4.34. The Kier molecular flexibility index (Phi) is 6.62. The van der Waals surface area contributed by atoms with Crippen LogP contribution in [-0.4, -0.2) is 28.3 Å². The van der Waals surface area contributed by atoms with Crippen molar-refractivity contribution in [2.24, 2.45) is 0 Å².